The van der Waals surface area contributed by atoms with E-state index in [9.17, 15) is 4.79 Å². The van der Waals surface area contributed by atoms with Crippen molar-refractivity contribution in [1.29, 1.82) is 0 Å². The minimum Gasteiger partial charge on any atom is -0.330 e. The normalized spacial score (nSPS) is 16.8. The Morgan fingerprint density at radius 1 is 1.33 bits per heavy atom. The number of aromatic nitrogens is 4. The van der Waals surface area contributed by atoms with Crippen LogP contribution in [0.1, 0.15) is 38.5 Å². The second kappa shape index (κ2) is 7.09. The molecule has 1 fully saturated rings. The zero-order valence-corrected chi connectivity index (χ0v) is 14.0. The van der Waals surface area contributed by atoms with Gasteiger partial charge in [-0.15, -0.1) is 5.10 Å². The van der Waals surface area contributed by atoms with Gasteiger partial charge in [-0.2, -0.15) is 0 Å². The molecule has 0 bridgehead atoms. The molecule has 2 aromatic rings. The molecule has 0 spiro atoms. The highest BCUT2D eigenvalue weighted by atomic mass is 16.1. The van der Waals surface area contributed by atoms with Crippen LogP contribution in [0, 0.1) is 5.41 Å². The molecule has 128 valence electrons. The number of hydrogen-bond acceptors (Lipinski definition) is 5. The van der Waals surface area contributed by atoms with E-state index in [1.165, 1.54) is 19.3 Å². The van der Waals surface area contributed by atoms with E-state index >= 15 is 0 Å². The third-order valence-electron chi connectivity index (χ3n) is 4.91. The number of anilines is 1. The molecule has 0 atom stereocenters. The highest BCUT2D eigenvalue weighted by Gasteiger charge is 2.32. The van der Waals surface area contributed by atoms with Crippen molar-refractivity contribution in [2.45, 2.75) is 38.5 Å². The summed E-state index contributed by atoms with van der Waals surface area (Å²) in [6, 6.07) is 7.57. The Labute approximate surface area is 141 Å². The van der Waals surface area contributed by atoms with Crippen LogP contribution in [0.4, 0.5) is 5.69 Å². The third kappa shape index (κ3) is 3.62. The number of aryl methyl sites for hydroxylation is 1. The van der Waals surface area contributed by atoms with Gasteiger partial charge in [0.1, 0.15) is 0 Å². The maximum atomic E-state index is 12.5. The first-order chi connectivity index (χ1) is 11.6. The van der Waals surface area contributed by atoms with Crippen molar-refractivity contribution in [2.75, 3.05) is 11.9 Å². The molecule has 24 heavy (non-hydrogen) atoms. The summed E-state index contributed by atoms with van der Waals surface area (Å²) < 4.78 is 1.60. The number of nitrogens with zero attached hydrogens (tertiary/aromatic N) is 4. The number of rotatable bonds is 5. The zero-order chi connectivity index (χ0) is 17.0. The van der Waals surface area contributed by atoms with Crippen molar-refractivity contribution >= 4 is 11.6 Å². The summed E-state index contributed by atoms with van der Waals surface area (Å²) in [7, 11) is 1.79. The van der Waals surface area contributed by atoms with Crippen LogP contribution in [0.2, 0.25) is 0 Å². The van der Waals surface area contributed by atoms with Gasteiger partial charge in [-0.05, 0) is 47.4 Å². The molecule has 7 heteroatoms. The smallest absolute Gasteiger partial charge is 0.224 e. The van der Waals surface area contributed by atoms with Gasteiger partial charge in [0.05, 0.1) is 0 Å². The van der Waals surface area contributed by atoms with Crippen LogP contribution >= 0.6 is 0 Å². The molecule has 1 aromatic heterocycles. The van der Waals surface area contributed by atoms with Gasteiger partial charge in [-0.25, -0.2) is 4.68 Å². The molecule has 0 aliphatic heterocycles. The minimum atomic E-state index is -0.0343. The quantitative estimate of drug-likeness (QED) is 0.876. The number of benzene rings is 1. The maximum absolute atomic E-state index is 12.5. The Balaban J connectivity index is 1.69. The number of amides is 1. The number of tetrazole rings is 1. The first-order valence-corrected chi connectivity index (χ1v) is 8.45. The largest absolute Gasteiger partial charge is 0.330 e. The minimum absolute atomic E-state index is 0.0237. The lowest BCUT2D eigenvalue weighted by Crippen LogP contribution is -2.36. The predicted molar refractivity (Wildman–Crippen MR) is 92.1 cm³/mol. The summed E-state index contributed by atoms with van der Waals surface area (Å²) in [4.78, 5) is 12.5. The lowest BCUT2D eigenvalue weighted by molar-refractivity contribution is -0.118. The first-order valence-electron chi connectivity index (χ1n) is 8.45. The van der Waals surface area contributed by atoms with Crippen LogP contribution in [0.5, 0.6) is 0 Å². The Morgan fingerprint density at radius 2 is 2.12 bits per heavy atom. The first kappa shape index (κ1) is 16.6. The van der Waals surface area contributed by atoms with Crippen molar-refractivity contribution in [3.63, 3.8) is 0 Å². The van der Waals surface area contributed by atoms with Gasteiger partial charge in [0.2, 0.25) is 5.91 Å². The van der Waals surface area contributed by atoms with E-state index in [0.717, 1.165) is 24.1 Å². The molecule has 1 amide bonds. The van der Waals surface area contributed by atoms with Crippen LogP contribution in [0.25, 0.3) is 11.4 Å². The van der Waals surface area contributed by atoms with Gasteiger partial charge in [0.15, 0.2) is 5.82 Å². The van der Waals surface area contributed by atoms with Crippen LogP contribution in [-0.4, -0.2) is 32.7 Å². The predicted octanol–water partition coefficient (Wildman–Crippen LogP) is 2.11. The molecule has 0 saturated heterocycles. The van der Waals surface area contributed by atoms with Gasteiger partial charge in [0.25, 0.3) is 0 Å². The van der Waals surface area contributed by atoms with Crippen molar-refractivity contribution < 1.29 is 4.79 Å². The SMILES string of the molecule is Cn1nnnc1-c1cccc(NC(=O)CC2(CN)CCCCC2)c1. The molecule has 3 rings (SSSR count). The van der Waals surface area contributed by atoms with Crippen LogP contribution in [-0.2, 0) is 11.8 Å². The van der Waals surface area contributed by atoms with Gasteiger partial charge in [-0.3, -0.25) is 4.79 Å². The maximum Gasteiger partial charge on any atom is 0.224 e. The fourth-order valence-corrected chi connectivity index (χ4v) is 3.51. The molecule has 7 nitrogen and oxygen atoms in total. The zero-order valence-electron chi connectivity index (χ0n) is 14.0. The monoisotopic (exact) mass is 328 g/mol. The van der Waals surface area contributed by atoms with Crippen molar-refractivity contribution in [3.05, 3.63) is 24.3 Å². The standard InChI is InChI=1S/C17H24N6O/c1-23-16(20-21-22-23)13-6-5-7-14(10-13)19-15(24)11-17(12-18)8-3-2-4-9-17/h5-7,10H,2-4,8-9,11-12,18H2,1H3,(H,19,24). The van der Waals surface area contributed by atoms with Crippen LogP contribution < -0.4 is 11.1 Å². The second-order valence-corrected chi connectivity index (χ2v) is 6.70. The molecule has 1 heterocycles. The summed E-state index contributed by atoms with van der Waals surface area (Å²) in [5.41, 5.74) is 7.57. The number of carbonyl (C=O) groups excluding carboxylic acids is 1. The van der Waals surface area contributed by atoms with Crippen molar-refractivity contribution in [1.82, 2.24) is 20.2 Å². The van der Waals surface area contributed by atoms with Crippen LogP contribution in [0.15, 0.2) is 24.3 Å². The van der Waals surface area contributed by atoms with E-state index in [4.69, 9.17) is 5.73 Å². The van der Waals surface area contributed by atoms with E-state index in [2.05, 4.69) is 20.8 Å². The summed E-state index contributed by atoms with van der Waals surface area (Å²) in [6.07, 6.45) is 6.15. The second-order valence-electron chi connectivity index (χ2n) is 6.70. The fourth-order valence-electron chi connectivity index (χ4n) is 3.51. The third-order valence-corrected chi connectivity index (χ3v) is 4.91. The average Bonchev–Trinajstić information content (AvgIpc) is 3.02. The Hall–Kier alpha value is -2.28. The van der Waals surface area contributed by atoms with E-state index in [1.54, 1.807) is 11.7 Å². The van der Waals surface area contributed by atoms with Crippen LogP contribution in [0.3, 0.4) is 0 Å². The van der Waals surface area contributed by atoms with E-state index in [1.807, 2.05) is 24.3 Å². The summed E-state index contributed by atoms with van der Waals surface area (Å²) in [6.45, 7) is 0.574. The lowest BCUT2D eigenvalue weighted by atomic mass is 9.71. The molecule has 0 unspecified atom stereocenters. The van der Waals surface area contributed by atoms with Gasteiger partial charge in [0, 0.05) is 24.7 Å². The molecule has 1 aliphatic rings. The number of hydrogen-bond donors (Lipinski definition) is 2. The fraction of sp³-hybridized carbons (Fsp3) is 0.529. The molecule has 3 N–H and O–H groups in total. The van der Waals surface area contributed by atoms with Gasteiger partial charge in [-0.1, -0.05) is 31.4 Å². The summed E-state index contributed by atoms with van der Waals surface area (Å²) in [5.74, 6) is 0.687. The number of carbonyl (C=O) groups is 1. The average molecular weight is 328 g/mol. The Bertz CT molecular complexity index is 705. The molecular weight excluding hydrogens is 304 g/mol. The van der Waals surface area contributed by atoms with Gasteiger partial charge >= 0.3 is 0 Å². The Kier molecular flexibility index (Phi) is 4.89. The molecule has 1 saturated carbocycles. The molecule has 1 aromatic carbocycles. The summed E-state index contributed by atoms with van der Waals surface area (Å²) in [5, 5.41) is 14.5. The number of nitrogens with two attached hydrogens (primary N) is 1. The molecular formula is C17H24N6O. The van der Waals surface area contributed by atoms with Crippen molar-refractivity contribution in [3.8, 4) is 11.4 Å². The highest BCUT2D eigenvalue weighted by molar-refractivity contribution is 5.91. The number of nitrogens with one attached hydrogen (secondary N) is 1. The lowest BCUT2D eigenvalue weighted by Gasteiger charge is -2.35. The van der Waals surface area contributed by atoms with E-state index in [-0.39, 0.29) is 11.3 Å². The van der Waals surface area contributed by atoms with E-state index < -0.39 is 0 Å². The molecule has 1 aliphatic carbocycles. The molecule has 0 radical (unpaired) electrons. The van der Waals surface area contributed by atoms with Gasteiger partial charge < -0.3 is 11.1 Å². The van der Waals surface area contributed by atoms with Crippen molar-refractivity contribution in [2.24, 2.45) is 18.2 Å². The topological polar surface area (TPSA) is 98.7 Å². The highest BCUT2D eigenvalue weighted by Crippen LogP contribution is 2.38. The Morgan fingerprint density at radius 3 is 2.79 bits per heavy atom. The van der Waals surface area contributed by atoms with E-state index in [0.29, 0.717) is 18.8 Å². The summed E-state index contributed by atoms with van der Waals surface area (Å²) >= 11 is 0.